The molecule has 0 spiro atoms. The van der Waals surface area contributed by atoms with Gasteiger partial charge < -0.3 is 80.2 Å². The number of carboxylic acid groups (broad SMARTS) is 3. The Morgan fingerprint density at radius 1 is 0.528 bits per heavy atom. The molecule has 394 valence electrons. The number of hydrogen-bond donors (Lipinski definition) is 15. The molecule has 2 aromatic rings. The highest BCUT2D eigenvalue weighted by Crippen LogP contribution is 2.08. The number of guanidine groups is 1. The number of amides is 8. The number of benzene rings is 2. The lowest BCUT2D eigenvalue weighted by Gasteiger charge is -2.25. The summed E-state index contributed by atoms with van der Waals surface area (Å²) in [4.78, 5) is 144. The molecule has 27 nitrogen and oxygen atoms in total. The molecule has 0 radical (unpaired) electrons. The van der Waals surface area contributed by atoms with Gasteiger partial charge in [-0.25, -0.2) is 4.79 Å². The molecule has 0 aliphatic rings. The fraction of sp³-hybridized carbons (Fsp3) is 0.467. The van der Waals surface area contributed by atoms with Crippen LogP contribution in [0.3, 0.4) is 0 Å². The zero-order valence-corrected chi connectivity index (χ0v) is 39.6. The molecule has 0 fully saturated rings. The third-order valence-corrected chi connectivity index (χ3v) is 10.4. The molecule has 27 heteroatoms. The van der Waals surface area contributed by atoms with E-state index in [4.69, 9.17) is 22.3 Å². The second kappa shape index (κ2) is 31.1. The molecule has 2 rings (SSSR count). The maximum Gasteiger partial charge on any atom is 0.326 e. The lowest BCUT2D eigenvalue weighted by atomic mass is 10.0. The highest BCUT2D eigenvalue weighted by molar-refractivity contribution is 5.97. The average molecular weight is 1010 g/mol. The lowest BCUT2D eigenvalue weighted by molar-refractivity contribution is -0.142. The molecule has 0 unspecified atom stereocenters. The first-order chi connectivity index (χ1) is 34.0. The van der Waals surface area contributed by atoms with Gasteiger partial charge in [-0.2, -0.15) is 0 Å². The van der Waals surface area contributed by atoms with E-state index in [2.05, 4.69) is 47.5 Å². The number of aliphatic carboxylic acids is 3. The molecule has 0 bridgehead atoms. The molecule has 0 saturated heterocycles. The molecule has 8 atom stereocenters. The van der Waals surface area contributed by atoms with E-state index in [0.717, 1.165) is 0 Å². The van der Waals surface area contributed by atoms with Crippen LogP contribution in [0.1, 0.15) is 63.5 Å². The molecule has 18 N–H and O–H groups in total. The first kappa shape index (κ1) is 59.9. The molecule has 8 amide bonds. The van der Waals surface area contributed by atoms with Gasteiger partial charge in [0, 0.05) is 32.2 Å². The molecule has 0 heterocycles. The van der Waals surface area contributed by atoms with Gasteiger partial charge in [-0.05, 0) is 50.7 Å². The summed E-state index contributed by atoms with van der Waals surface area (Å²) in [7, 11) is 0. The van der Waals surface area contributed by atoms with Crippen LogP contribution >= 0.6 is 0 Å². The van der Waals surface area contributed by atoms with Crippen molar-refractivity contribution in [3.63, 3.8) is 0 Å². The van der Waals surface area contributed by atoms with Crippen LogP contribution in [0.5, 0.6) is 0 Å². The Bertz CT molecular complexity index is 2230. The van der Waals surface area contributed by atoms with E-state index in [1.54, 1.807) is 60.7 Å². The van der Waals surface area contributed by atoms with E-state index in [9.17, 15) is 68.1 Å². The summed E-state index contributed by atoms with van der Waals surface area (Å²) in [5.41, 5.74) is 17.7. The van der Waals surface area contributed by atoms with E-state index in [1.165, 1.54) is 13.8 Å². The first-order valence-electron chi connectivity index (χ1n) is 22.6. The number of aliphatic imine (C=N–C) groups is 1. The van der Waals surface area contributed by atoms with E-state index < -0.39 is 146 Å². The number of nitrogens with two attached hydrogens (primary N) is 3. The number of nitrogens with one attached hydrogen (secondary N) is 8. The van der Waals surface area contributed by atoms with Crippen LogP contribution in [0.25, 0.3) is 0 Å². The molecule has 0 aliphatic heterocycles. The van der Waals surface area contributed by atoms with Crippen LogP contribution in [-0.2, 0) is 65.6 Å². The minimum atomic E-state index is -1.61. The van der Waals surface area contributed by atoms with Gasteiger partial charge >= 0.3 is 17.9 Å². The summed E-state index contributed by atoms with van der Waals surface area (Å²) < 4.78 is 0. The highest BCUT2D eigenvalue weighted by atomic mass is 16.4. The number of hydrogen-bond acceptors (Lipinski definition) is 14. The van der Waals surface area contributed by atoms with Crippen LogP contribution in [0, 0.1) is 0 Å². The molecule has 2 aromatic carbocycles. The normalized spacial score (nSPS) is 14.1. The Labute approximate surface area is 413 Å². The third kappa shape index (κ3) is 22.9. The summed E-state index contributed by atoms with van der Waals surface area (Å²) >= 11 is 0. The Morgan fingerprint density at radius 3 is 1.50 bits per heavy atom. The van der Waals surface area contributed by atoms with Gasteiger partial charge in [0.1, 0.15) is 42.3 Å². The SMILES string of the molecule is C[C@H](NC(=O)[C@H](C)NC(=O)[C@H](CCCN=C(N)N)NC(=O)CNC(=O)[C@H](Cc1ccccc1)NC(=O)[C@H](CCC(=O)O)NC(=O)[C@@H](N)CCC(=O)O)C(=O)N[C@@H](CO)C(=O)N[C@@H](Cc1ccccc1)C(=O)O. The van der Waals surface area contributed by atoms with Crippen molar-refractivity contribution in [2.75, 3.05) is 19.7 Å². The minimum absolute atomic E-state index is 0.0152. The number of carbonyl (C=O) groups excluding carboxylic acids is 8. The Morgan fingerprint density at radius 2 is 0.972 bits per heavy atom. The van der Waals surface area contributed by atoms with Crippen molar-refractivity contribution in [3.05, 3.63) is 71.8 Å². The summed E-state index contributed by atoms with van der Waals surface area (Å²) in [5, 5.41) is 56.6. The van der Waals surface area contributed by atoms with Gasteiger partial charge in [0.05, 0.1) is 19.2 Å². The summed E-state index contributed by atoms with van der Waals surface area (Å²) in [5.74, 6) is -11.7. The van der Waals surface area contributed by atoms with Gasteiger partial charge in [0.25, 0.3) is 0 Å². The number of rotatable bonds is 32. The Hall–Kier alpha value is -8.20. The van der Waals surface area contributed by atoms with Crippen molar-refractivity contribution < 1.29 is 73.2 Å². The number of aliphatic hydroxyl groups excluding tert-OH is 1. The Balaban J connectivity index is 2.15. The average Bonchev–Trinajstić information content (AvgIpc) is 3.33. The van der Waals surface area contributed by atoms with Crippen molar-refractivity contribution in [1.82, 2.24) is 42.5 Å². The van der Waals surface area contributed by atoms with Gasteiger partial charge in [0.2, 0.25) is 47.3 Å². The van der Waals surface area contributed by atoms with E-state index >= 15 is 0 Å². The van der Waals surface area contributed by atoms with Gasteiger partial charge in [-0.15, -0.1) is 0 Å². The zero-order valence-electron chi connectivity index (χ0n) is 39.6. The monoisotopic (exact) mass is 1010 g/mol. The predicted molar refractivity (Wildman–Crippen MR) is 255 cm³/mol. The molecule has 0 aromatic heterocycles. The summed E-state index contributed by atoms with van der Waals surface area (Å²) in [6.45, 7) is 0.807. The van der Waals surface area contributed by atoms with Crippen molar-refractivity contribution >= 4 is 71.1 Å². The lowest BCUT2D eigenvalue weighted by Crippen LogP contribution is -2.59. The van der Waals surface area contributed by atoms with Crippen molar-refractivity contribution in [2.24, 2.45) is 22.2 Å². The van der Waals surface area contributed by atoms with E-state index in [0.29, 0.717) is 11.1 Å². The van der Waals surface area contributed by atoms with Crippen molar-refractivity contribution in [1.29, 1.82) is 0 Å². The maximum absolute atomic E-state index is 13.6. The van der Waals surface area contributed by atoms with Gasteiger partial charge in [0.15, 0.2) is 5.96 Å². The second-order valence-electron chi connectivity index (χ2n) is 16.4. The molecule has 0 saturated carbocycles. The highest BCUT2D eigenvalue weighted by Gasteiger charge is 2.32. The quantitative estimate of drug-likeness (QED) is 0.0186. The van der Waals surface area contributed by atoms with Crippen LogP contribution in [-0.4, -0.2) is 160 Å². The predicted octanol–water partition coefficient (Wildman–Crippen LogP) is -4.79. The number of nitrogens with zero attached hydrogens (tertiary/aromatic N) is 1. The second-order valence-corrected chi connectivity index (χ2v) is 16.4. The van der Waals surface area contributed by atoms with E-state index in [-0.39, 0.29) is 44.6 Å². The van der Waals surface area contributed by atoms with Gasteiger partial charge in [-0.1, -0.05) is 60.7 Å². The Kier molecular flexibility index (Phi) is 25.9. The van der Waals surface area contributed by atoms with E-state index in [1.807, 2.05) is 0 Å². The number of aliphatic hydroxyl groups is 1. The van der Waals surface area contributed by atoms with Crippen LogP contribution in [0.2, 0.25) is 0 Å². The fourth-order valence-corrected chi connectivity index (χ4v) is 6.46. The molecule has 72 heavy (non-hydrogen) atoms. The van der Waals surface area contributed by atoms with Crippen LogP contribution in [0.4, 0.5) is 0 Å². The topological polar surface area (TPSA) is 455 Å². The molecular formula is C45H64N12O15. The summed E-state index contributed by atoms with van der Waals surface area (Å²) in [6, 6.07) is 5.20. The van der Waals surface area contributed by atoms with Crippen molar-refractivity contribution in [2.45, 2.75) is 114 Å². The maximum atomic E-state index is 13.6. The number of carboxylic acids is 3. The van der Waals surface area contributed by atoms with Crippen molar-refractivity contribution in [3.8, 4) is 0 Å². The largest absolute Gasteiger partial charge is 0.481 e. The number of carbonyl (C=O) groups is 11. The zero-order chi connectivity index (χ0) is 53.9. The van der Waals surface area contributed by atoms with Crippen LogP contribution < -0.4 is 59.7 Å². The van der Waals surface area contributed by atoms with Crippen LogP contribution in [0.15, 0.2) is 65.7 Å². The standard InChI is InChI=1S/C45H64N12O15/c1-24(37(64)51-25(2)38(65)57-33(23-58)43(70)56-32(44(71)72)21-27-12-7-4-8-13-27)52-41(68)29(14-9-19-49-45(47)48)53-34(59)22-50-40(67)31(20-26-10-5-3-6-11-26)55-42(69)30(16-18-36(62)63)54-39(66)28(46)15-17-35(60)61/h3-8,10-13,24-25,28-33,58H,9,14-23,46H2,1-2H3,(H,50,67)(H,51,64)(H,52,68)(H,53,59)(H,54,66)(H,55,69)(H,56,70)(H,57,65)(H,60,61)(H,62,63)(H,71,72)(H4,47,48,49)/t24-,25-,28-,29-,30-,31-,32-,33-/m0/s1. The molecule has 0 aliphatic carbocycles. The first-order valence-corrected chi connectivity index (χ1v) is 22.6. The third-order valence-electron chi connectivity index (χ3n) is 10.4. The smallest absolute Gasteiger partial charge is 0.326 e. The minimum Gasteiger partial charge on any atom is -0.481 e. The molecular weight excluding hydrogens is 949 g/mol. The summed E-state index contributed by atoms with van der Waals surface area (Å²) in [6.07, 6.45) is -2.04. The fourth-order valence-electron chi connectivity index (χ4n) is 6.46. The van der Waals surface area contributed by atoms with Gasteiger partial charge in [-0.3, -0.25) is 52.9 Å².